The number of rotatable bonds is 11. The minimum absolute atomic E-state index is 0.000464. The number of hydrogen-bond donors (Lipinski definition) is 0. The van der Waals surface area contributed by atoms with Crippen LogP contribution in [0.2, 0.25) is 0 Å². The Morgan fingerprint density at radius 2 is 1.38 bits per heavy atom. The molecule has 0 saturated carbocycles. The standard InChI is InChI=1S/C28H44O4/c1-12-16-21(23(29)25(2,3)4)32-28(10,11)27(8,9)24(30)22(31-26(5,6)7)19-20-17-14-13-15-18-20/h12-15,17-18,21-22H,1,16,19H2,2-11H3. The first-order valence-corrected chi connectivity index (χ1v) is 11.5. The summed E-state index contributed by atoms with van der Waals surface area (Å²) in [6, 6.07) is 9.89. The van der Waals surface area contributed by atoms with Crippen LogP contribution in [0.3, 0.4) is 0 Å². The van der Waals surface area contributed by atoms with Crippen molar-refractivity contribution >= 4 is 11.6 Å². The van der Waals surface area contributed by atoms with Gasteiger partial charge in [-0.05, 0) is 46.6 Å². The zero-order valence-electron chi connectivity index (χ0n) is 21.9. The van der Waals surface area contributed by atoms with E-state index in [0.29, 0.717) is 12.8 Å². The van der Waals surface area contributed by atoms with Crippen molar-refractivity contribution in [3.63, 3.8) is 0 Å². The van der Waals surface area contributed by atoms with Crippen molar-refractivity contribution < 1.29 is 19.1 Å². The highest BCUT2D eigenvalue weighted by molar-refractivity contribution is 5.90. The van der Waals surface area contributed by atoms with Crippen LogP contribution < -0.4 is 0 Å². The molecule has 4 nitrogen and oxygen atoms in total. The van der Waals surface area contributed by atoms with Crippen LogP contribution in [0.4, 0.5) is 0 Å². The Bertz CT molecular complexity index is 776. The highest BCUT2D eigenvalue weighted by atomic mass is 16.5. The van der Waals surface area contributed by atoms with E-state index in [1.807, 2.05) is 99.6 Å². The number of ketones is 2. The molecule has 4 heteroatoms. The number of ether oxygens (including phenoxy) is 2. The average Bonchev–Trinajstić information content (AvgIpc) is 2.64. The summed E-state index contributed by atoms with van der Waals surface area (Å²) in [5, 5.41) is 0. The lowest BCUT2D eigenvalue weighted by atomic mass is 9.71. The van der Waals surface area contributed by atoms with E-state index in [2.05, 4.69) is 6.58 Å². The predicted molar refractivity (Wildman–Crippen MR) is 132 cm³/mol. The molecule has 0 aliphatic heterocycles. The van der Waals surface area contributed by atoms with Gasteiger partial charge in [0.2, 0.25) is 0 Å². The maximum Gasteiger partial charge on any atom is 0.170 e. The van der Waals surface area contributed by atoms with Gasteiger partial charge in [0.15, 0.2) is 11.6 Å². The van der Waals surface area contributed by atoms with Crippen molar-refractivity contribution in [2.24, 2.45) is 10.8 Å². The summed E-state index contributed by atoms with van der Waals surface area (Å²) in [6.07, 6.45) is 1.28. The predicted octanol–water partition coefficient (Wildman–Crippen LogP) is 6.36. The van der Waals surface area contributed by atoms with E-state index in [9.17, 15) is 9.59 Å². The molecule has 0 saturated heterocycles. The summed E-state index contributed by atoms with van der Waals surface area (Å²) in [5.74, 6) is -0.0395. The molecule has 180 valence electrons. The van der Waals surface area contributed by atoms with Crippen LogP contribution in [0.1, 0.15) is 81.2 Å². The average molecular weight is 445 g/mol. The second-order valence-electron chi connectivity index (χ2n) is 11.7. The SMILES string of the molecule is C=CCC(OC(C)(C)C(C)(C)C(=O)C(Cc1ccccc1)OC(C)(C)C)C(=O)C(C)(C)C. The van der Waals surface area contributed by atoms with E-state index in [0.717, 1.165) is 5.56 Å². The van der Waals surface area contributed by atoms with Gasteiger partial charge in [-0.15, -0.1) is 6.58 Å². The van der Waals surface area contributed by atoms with Crippen molar-refractivity contribution in [1.82, 2.24) is 0 Å². The van der Waals surface area contributed by atoms with Crippen LogP contribution in [0.15, 0.2) is 43.0 Å². The van der Waals surface area contributed by atoms with Crippen molar-refractivity contribution in [1.29, 1.82) is 0 Å². The second-order valence-corrected chi connectivity index (χ2v) is 11.7. The van der Waals surface area contributed by atoms with E-state index in [1.54, 1.807) is 6.08 Å². The number of carbonyl (C=O) groups excluding carboxylic acids is 2. The van der Waals surface area contributed by atoms with Crippen LogP contribution in [0.25, 0.3) is 0 Å². The zero-order chi connectivity index (χ0) is 25.0. The Kier molecular flexibility index (Phi) is 9.21. The molecule has 0 aromatic heterocycles. The minimum atomic E-state index is -0.908. The van der Waals surface area contributed by atoms with E-state index in [4.69, 9.17) is 9.47 Å². The molecule has 1 aromatic rings. The molecule has 2 unspecified atom stereocenters. The van der Waals surface area contributed by atoms with Crippen molar-refractivity contribution in [3.05, 3.63) is 48.6 Å². The molecule has 0 fully saturated rings. The van der Waals surface area contributed by atoms with Gasteiger partial charge >= 0.3 is 0 Å². The Balaban J connectivity index is 3.25. The van der Waals surface area contributed by atoms with Gasteiger partial charge in [0.1, 0.15) is 12.2 Å². The number of hydrogen-bond acceptors (Lipinski definition) is 4. The monoisotopic (exact) mass is 444 g/mol. The Morgan fingerprint density at radius 1 is 0.844 bits per heavy atom. The maximum absolute atomic E-state index is 13.9. The Hall–Kier alpha value is -1.78. The number of carbonyl (C=O) groups is 2. The lowest BCUT2D eigenvalue weighted by Gasteiger charge is -2.44. The van der Waals surface area contributed by atoms with E-state index < -0.39 is 34.2 Å². The highest BCUT2D eigenvalue weighted by Crippen LogP contribution is 2.39. The molecule has 0 bridgehead atoms. The molecule has 0 aliphatic rings. The lowest BCUT2D eigenvalue weighted by molar-refractivity contribution is -0.181. The first-order valence-electron chi connectivity index (χ1n) is 11.5. The number of benzene rings is 1. The molecule has 1 aromatic carbocycles. The topological polar surface area (TPSA) is 52.6 Å². The third kappa shape index (κ3) is 7.67. The zero-order valence-corrected chi connectivity index (χ0v) is 21.9. The molecule has 0 radical (unpaired) electrons. The van der Waals surface area contributed by atoms with E-state index in [-0.39, 0.29) is 11.6 Å². The third-order valence-electron chi connectivity index (χ3n) is 6.02. The van der Waals surface area contributed by atoms with Gasteiger partial charge in [0.05, 0.1) is 16.6 Å². The van der Waals surface area contributed by atoms with Crippen LogP contribution >= 0.6 is 0 Å². The summed E-state index contributed by atoms with van der Waals surface area (Å²) in [5.41, 5.74) is -1.81. The molecule has 2 atom stereocenters. The summed E-state index contributed by atoms with van der Waals surface area (Å²) in [6.45, 7) is 22.8. The summed E-state index contributed by atoms with van der Waals surface area (Å²) < 4.78 is 12.6. The van der Waals surface area contributed by atoms with E-state index >= 15 is 0 Å². The minimum Gasteiger partial charge on any atom is -0.364 e. The van der Waals surface area contributed by atoms with Gasteiger partial charge in [-0.1, -0.05) is 71.0 Å². The summed E-state index contributed by atoms with van der Waals surface area (Å²) in [4.78, 5) is 26.9. The molecule has 0 amide bonds. The van der Waals surface area contributed by atoms with Gasteiger partial charge in [-0.25, -0.2) is 0 Å². The fourth-order valence-corrected chi connectivity index (χ4v) is 3.49. The molecular weight excluding hydrogens is 400 g/mol. The molecule has 0 N–H and O–H groups in total. The summed E-state index contributed by atoms with van der Waals surface area (Å²) >= 11 is 0. The molecular formula is C28H44O4. The first-order chi connectivity index (χ1) is 14.4. The van der Waals surface area contributed by atoms with Crippen LogP contribution in [0, 0.1) is 10.8 Å². The van der Waals surface area contributed by atoms with Crippen LogP contribution in [-0.2, 0) is 25.5 Å². The Labute approximate surface area is 195 Å². The second kappa shape index (κ2) is 10.4. The summed E-state index contributed by atoms with van der Waals surface area (Å²) in [7, 11) is 0. The largest absolute Gasteiger partial charge is 0.364 e. The smallest absolute Gasteiger partial charge is 0.170 e. The third-order valence-corrected chi connectivity index (χ3v) is 6.02. The number of Topliss-reactive ketones (excluding diaryl/α,β-unsaturated/α-hetero) is 2. The van der Waals surface area contributed by atoms with Crippen LogP contribution in [-0.4, -0.2) is 35.0 Å². The molecule has 1 rings (SSSR count). The van der Waals surface area contributed by atoms with Crippen molar-refractivity contribution in [2.75, 3.05) is 0 Å². The van der Waals surface area contributed by atoms with Gasteiger partial charge in [0, 0.05) is 11.8 Å². The van der Waals surface area contributed by atoms with Crippen LogP contribution in [0.5, 0.6) is 0 Å². The molecule has 0 aliphatic carbocycles. The first kappa shape index (κ1) is 28.3. The van der Waals surface area contributed by atoms with Crippen molar-refractivity contribution in [3.8, 4) is 0 Å². The molecule has 32 heavy (non-hydrogen) atoms. The fraction of sp³-hybridized carbons (Fsp3) is 0.643. The lowest BCUT2D eigenvalue weighted by Crippen LogP contribution is -2.55. The molecule has 0 heterocycles. The Morgan fingerprint density at radius 3 is 1.81 bits per heavy atom. The van der Waals surface area contributed by atoms with Gasteiger partial charge in [-0.3, -0.25) is 9.59 Å². The van der Waals surface area contributed by atoms with Gasteiger partial charge in [0.25, 0.3) is 0 Å². The normalized spacial score (nSPS) is 15.2. The van der Waals surface area contributed by atoms with Gasteiger partial charge in [-0.2, -0.15) is 0 Å². The van der Waals surface area contributed by atoms with Gasteiger partial charge < -0.3 is 9.47 Å². The fourth-order valence-electron chi connectivity index (χ4n) is 3.49. The van der Waals surface area contributed by atoms with Crippen molar-refractivity contribution in [2.45, 2.75) is 105 Å². The molecule has 0 spiro atoms. The maximum atomic E-state index is 13.9. The van der Waals surface area contributed by atoms with E-state index in [1.165, 1.54) is 0 Å². The highest BCUT2D eigenvalue weighted by Gasteiger charge is 2.49. The quantitative estimate of drug-likeness (QED) is 0.373.